The normalized spacial score (nSPS) is 11.1. The summed E-state index contributed by atoms with van der Waals surface area (Å²) in [6, 6.07) is 7.72. The first kappa shape index (κ1) is 10.4. The first-order chi connectivity index (χ1) is 7.81. The van der Waals surface area contributed by atoms with Crippen molar-refractivity contribution in [1.82, 2.24) is 9.55 Å². The summed E-state index contributed by atoms with van der Waals surface area (Å²) in [6.45, 7) is 2.16. The Balaban J connectivity index is 2.24. The number of para-hydroxylation sites is 2. The minimum atomic E-state index is -0.347. The first-order valence-electron chi connectivity index (χ1n) is 5.08. The average molecular weight is 216 g/mol. The van der Waals surface area contributed by atoms with Gasteiger partial charge in [-0.05, 0) is 19.1 Å². The molecule has 0 aliphatic heterocycles. The highest BCUT2D eigenvalue weighted by molar-refractivity contribution is 5.86. The van der Waals surface area contributed by atoms with Gasteiger partial charge in [0.25, 0.3) is 0 Å². The fraction of sp³-hybridized carbons (Fsp3) is 0.167. The summed E-state index contributed by atoms with van der Waals surface area (Å²) < 4.78 is 6.58. The molecule has 0 spiro atoms. The molecule has 1 aromatic carbocycles. The third kappa shape index (κ3) is 2.11. The highest BCUT2D eigenvalue weighted by Gasteiger charge is 1.99. The SMILES string of the molecule is CCOC(=O)/C=C/n1cnc2ccccc21. The number of hydrogen-bond acceptors (Lipinski definition) is 3. The largest absolute Gasteiger partial charge is 0.463 e. The third-order valence-corrected chi connectivity index (χ3v) is 2.14. The van der Waals surface area contributed by atoms with E-state index in [4.69, 9.17) is 4.74 Å². The van der Waals surface area contributed by atoms with Crippen molar-refractivity contribution in [1.29, 1.82) is 0 Å². The second kappa shape index (κ2) is 4.61. The Labute approximate surface area is 93.2 Å². The molecule has 0 aliphatic rings. The molecule has 4 heteroatoms. The number of esters is 1. The van der Waals surface area contributed by atoms with Gasteiger partial charge >= 0.3 is 5.97 Å². The molecule has 82 valence electrons. The highest BCUT2D eigenvalue weighted by atomic mass is 16.5. The molecule has 0 saturated heterocycles. The summed E-state index contributed by atoms with van der Waals surface area (Å²) in [5.74, 6) is -0.347. The van der Waals surface area contributed by atoms with Crippen LogP contribution in [0.2, 0.25) is 0 Å². The zero-order valence-corrected chi connectivity index (χ0v) is 8.96. The second-order valence-electron chi connectivity index (χ2n) is 3.21. The van der Waals surface area contributed by atoms with E-state index in [1.807, 2.05) is 24.3 Å². The first-order valence-corrected chi connectivity index (χ1v) is 5.08. The van der Waals surface area contributed by atoms with E-state index < -0.39 is 0 Å². The van der Waals surface area contributed by atoms with Crippen LogP contribution >= 0.6 is 0 Å². The van der Waals surface area contributed by atoms with Gasteiger partial charge in [-0.2, -0.15) is 0 Å². The third-order valence-electron chi connectivity index (χ3n) is 2.14. The average Bonchev–Trinajstić information content (AvgIpc) is 2.70. The van der Waals surface area contributed by atoms with Crippen molar-refractivity contribution in [2.24, 2.45) is 0 Å². The standard InChI is InChI=1S/C12H12N2O2/c1-2-16-12(15)7-8-14-9-13-10-5-3-4-6-11(10)14/h3-9H,2H2,1H3/b8-7+. The van der Waals surface area contributed by atoms with Crippen LogP contribution in [-0.4, -0.2) is 22.1 Å². The van der Waals surface area contributed by atoms with Crippen LogP contribution < -0.4 is 0 Å². The number of ether oxygens (including phenoxy) is 1. The minimum Gasteiger partial charge on any atom is -0.463 e. The van der Waals surface area contributed by atoms with Crippen LogP contribution in [-0.2, 0) is 9.53 Å². The number of fused-ring (bicyclic) bond motifs is 1. The quantitative estimate of drug-likeness (QED) is 0.582. The van der Waals surface area contributed by atoms with Gasteiger partial charge in [0.15, 0.2) is 0 Å². The molecular formula is C12H12N2O2. The van der Waals surface area contributed by atoms with Crippen LogP contribution in [0.1, 0.15) is 6.92 Å². The Morgan fingerprint density at radius 2 is 2.31 bits per heavy atom. The van der Waals surface area contributed by atoms with Crippen molar-refractivity contribution in [3.8, 4) is 0 Å². The maximum Gasteiger partial charge on any atom is 0.332 e. The van der Waals surface area contributed by atoms with Gasteiger partial charge in [-0.15, -0.1) is 0 Å². The van der Waals surface area contributed by atoms with Crippen molar-refractivity contribution in [2.45, 2.75) is 6.92 Å². The van der Waals surface area contributed by atoms with Crippen LogP contribution in [0.5, 0.6) is 0 Å². The Morgan fingerprint density at radius 3 is 3.12 bits per heavy atom. The monoisotopic (exact) mass is 216 g/mol. The molecule has 16 heavy (non-hydrogen) atoms. The number of carbonyl (C=O) groups excluding carboxylic acids is 1. The van der Waals surface area contributed by atoms with Gasteiger partial charge in [0.2, 0.25) is 0 Å². The lowest BCUT2D eigenvalue weighted by Gasteiger charge is -1.96. The fourth-order valence-corrected chi connectivity index (χ4v) is 1.43. The Bertz CT molecular complexity index is 529. The van der Waals surface area contributed by atoms with E-state index in [2.05, 4.69) is 4.98 Å². The lowest BCUT2D eigenvalue weighted by atomic mass is 10.3. The van der Waals surface area contributed by atoms with Gasteiger partial charge in [0, 0.05) is 12.3 Å². The van der Waals surface area contributed by atoms with Gasteiger partial charge < -0.3 is 9.30 Å². The lowest BCUT2D eigenvalue weighted by Crippen LogP contribution is -1.99. The summed E-state index contributed by atoms with van der Waals surface area (Å²) in [7, 11) is 0. The maximum absolute atomic E-state index is 11.1. The smallest absolute Gasteiger partial charge is 0.332 e. The Morgan fingerprint density at radius 1 is 1.50 bits per heavy atom. The van der Waals surface area contributed by atoms with Crippen LogP contribution in [0.25, 0.3) is 17.2 Å². The molecule has 0 unspecified atom stereocenters. The molecule has 0 atom stereocenters. The van der Waals surface area contributed by atoms with E-state index in [9.17, 15) is 4.79 Å². The number of carbonyl (C=O) groups is 1. The predicted molar refractivity (Wildman–Crippen MR) is 61.7 cm³/mol. The molecule has 2 aromatic rings. The molecular weight excluding hydrogens is 204 g/mol. The van der Waals surface area contributed by atoms with E-state index in [1.54, 1.807) is 24.0 Å². The summed E-state index contributed by atoms with van der Waals surface area (Å²) in [5, 5.41) is 0. The Hall–Kier alpha value is -2.10. The van der Waals surface area contributed by atoms with Crippen molar-refractivity contribution in [2.75, 3.05) is 6.61 Å². The number of hydrogen-bond donors (Lipinski definition) is 0. The zero-order chi connectivity index (χ0) is 11.4. The summed E-state index contributed by atoms with van der Waals surface area (Å²) in [6.07, 6.45) is 4.70. The molecule has 0 N–H and O–H groups in total. The number of imidazole rings is 1. The summed E-state index contributed by atoms with van der Waals surface area (Å²) in [5.41, 5.74) is 1.86. The van der Waals surface area contributed by atoms with Crippen molar-refractivity contribution in [3.63, 3.8) is 0 Å². The molecule has 1 heterocycles. The van der Waals surface area contributed by atoms with Crippen LogP contribution in [0.4, 0.5) is 0 Å². The maximum atomic E-state index is 11.1. The number of benzene rings is 1. The molecule has 0 amide bonds. The van der Waals surface area contributed by atoms with Gasteiger partial charge in [-0.1, -0.05) is 12.1 Å². The van der Waals surface area contributed by atoms with Gasteiger partial charge in [0.1, 0.15) is 0 Å². The summed E-state index contributed by atoms with van der Waals surface area (Å²) in [4.78, 5) is 15.3. The van der Waals surface area contributed by atoms with E-state index in [-0.39, 0.29) is 5.97 Å². The molecule has 1 aromatic heterocycles. The van der Waals surface area contributed by atoms with E-state index >= 15 is 0 Å². The van der Waals surface area contributed by atoms with E-state index in [1.165, 1.54) is 6.08 Å². The van der Waals surface area contributed by atoms with Gasteiger partial charge in [-0.3, -0.25) is 0 Å². The number of aromatic nitrogens is 2. The topological polar surface area (TPSA) is 44.1 Å². The van der Waals surface area contributed by atoms with Crippen LogP contribution in [0.15, 0.2) is 36.7 Å². The fourth-order valence-electron chi connectivity index (χ4n) is 1.43. The highest BCUT2D eigenvalue weighted by Crippen LogP contribution is 2.11. The Kier molecular flexibility index (Phi) is 3.00. The van der Waals surface area contributed by atoms with Crippen LogP contribution in [0.3, 0.4) is 0 Å². The van der Waals surface area contributed by atoms with Crippen molar-refractivity contribution < 1.29 is 9.53 Å². The lowest BCUT2D eigenvalue weighted by molar-refractivity contribution is -0.137. The van der Waals surface area contributed by atoms with Crippen LogP contribution in [0, 0.1) is 0 Å². The number of nitrogens with zero attached hydrogens (tertiary/aromatic N) is 2. The number of rotatable bonds is 3. The van der Waals surface area contributed by atoms with E-state index in [0.29, 0.717) is 6.61 Å². The molecule has 0 radical (unpaired) electrons. The zero-order valence-electron chi connectivity index (χ0n) is 8.96. The molecule has 0 bridgehead atoms. The molecule has 0 aliphatic carbocycles. The van der Waals surface area contributed by atoms with E-state index in [0.717, 1.165) is 11.0 Å². The van der Waals surface area contributed by atoms with Crippen molar-refractivity contribution >= 4 is 23.2 Å². The minimum absolute atomic E-state index is 0.347. The second-order valence-corrected chi connectivity index (χ2v) is 3.21. The molecule has 0 fully saturated rings. The molecule has 2 rings (SSSR count). The molecule has 4 nitrogen and oxygen atoms in total. The van der Waals surface area contributed by atoms with Crippen molar-refractivity contribution in [3.05, 3.63) is 36.7 Å². The van der Waals surface area contributed by atoms with Gasteiger partial charge in [-0.25, -0.2) is 9.78 Å². The summed E-state index contributed by atoms with van der Waals surface area (Å²) >= 11 is 0. The molecule has 0 saturated carbocycles. The predicted octanol–water partition coefficient (Wildman–Crippen LogP) is 2.07. The van der Waals surface area contributed by atoms with Gasteiger partial charge in [0.05, 0.1) is 24.0 Å².